The van der Waals surface area contributed by atoms with Gasteiger partial charge in [0.05, 0.1) is 22.8 Å². The van der Waals surface area contributed by atoms with Gasteiger partial charge in [0.15, 0.2) is 0 Å². The molecular formula is C48H27FN2. The maximum atomic E-state index is 14.3. The van der Waals surface area contributed by atoms with E-state index in [2.05, 4.69) is 121 Å². The average Bonchev–Trinajstić information content (AvgIpc) is 3.19. The van der Waals surface area contributed by atoms with E-state index < -0.39 is 0 Å². The van der Waals surface area contributed by atoms with Gasteiger partial charge in [-0.15, -0.1) is 0 Å². The fraction of sp³-hybridized carbons (Fsp3) is 0. The van der Waals surface area contributed by atoms with Crippen LogP contribution in [0.15, 0.2) is 164 Å². The van der Waals surface area contributed by atoms with Crippen LogP contribution in [0.4, 0.5) is 4.39 Å². The maximum Gasteiger partial charge on any atom is 0.123 e. The van der Waals surface area contributed by atoms with Gasteiger partial charge in [-0.3, -0.25) is 0 Å². The van der Waals surface area contributed by atoms with Crippen LogP contribution in [0.1, 0.15) is 5.56 Å². The maximum absolute atomic E-state index is 14.3. The van der Waals surface area contributed by atoms with Crippen LogP contribution in [0.25, 0.3) is 98.3 Å². The van der Waals surface area contributed by atoms with E-state index in [9.17, 15) is 9.65 Å². The van der Waals surface area contributed by atoms with Crippen molar-refractivity contribution < 1.29 is 4.39 Å². The predicted octanol–water partition coefficient (Wildman–Crippen LogP) is 13.0. The molecule has 0 unspecified atom stereocenters. The van der Waals surface area contributed by atoms with Crippen LogP contribution in [0.3, 0.4) is 0 Å². The van der Waals surface area contributed by atoms with Crippen LogP contribution in [0.5, 0.6) is 0 Å². The average molecular weight is 651 g/mol. The zero-order valence-electron chi connectivity index (χ0n) is 27.4. The van der Waals surface area contributed by atoms with Crippen molar-refractivity contribution in [2.24, 2.45) is 0 Å². The molecule has 0 aliphatic carbocycles. The van der Waals surface area contributed by atoms with Crippen molar-refractivity contribution in [1.82, 2.24) is 4.98 Å². The third kappa shape index (κ3) is 4.44. The third-order valence-corrected chi connectivity index (χ3v) is 10.3. The number of hydrogen-bond donors (Lipinski definition) is 0. The largest absolute Gasteiger partial charge is 0.247 e. The molecule has 0 spiro atoms. The van der Waals surface area contributed by atoms with Crippen LogP contribution in [0.2, 0.25) is 0 Å². The molecule has 10 aromatic rings. The van der Waals surface area contributed by atoms with Crippen molar-refractivity contribution in [1.29, 1.82) is 5.26 Å². The van der Waals surface area contributed by atoms with Crippen molar-refractivity contribution in [3.05, 3.63) is 175 Å². The molecule has 2 nitrogen and oxygen atoms in total. The van der Waals surface area contributed by atoms with E-state index in [-0.39, 0.29) is 5.82 Å². The predicted molar refractivity (Wildman–Crippen MR) is 210 cm³/mol. The highest BCUT2D eigenvalue weighted by atomic mass is 19.1. The summed E-state index contributed by atoms with van der Waals surface area (Å²) in [6, 6.07) is 57.8. The number of aromatic nitrogens is 1. The number of halogens is 1. The lowest BCUT2D eigenvalue weighted by molar-refractivity contribution is 0.628. The number of benzene rings is 9. The van der Waals surface area contributed by atoms with Gasteiger partial charge in [0.1, 0.15) is 5.82 Å². The van der Waals surface area contributed by atoms with E-state index >= 15 is 0 Å². The minimum atomic E-state index is -0.273. The van der Waals surface area contributed by atoms with Crippen molar-refractivity contribution in [2.45, 2.75) is 0 Å². The Balaban J connectivity index is 1.33. The fourth-order valence-corrected chi connectivity index (χ4v) is 8.11. The van der Waals surface area contributed by atoms with Crippen molar-refractivity contribution in [3.8, 4) is 39.6 Å². The number of fused-ring (bicyclic) bond motifs is 10. The molecule has 0 amide bonds. The van der Waals surface area contributed by atoms with Gasteiger partial charge in [-0.05, 0) is 108 Å². The summed E-state index contributed by atoms with van der Waals surface area (Å²) >= 11 is 0. The van der Waals surface area contributed by atoms with Crippen LogP contribution >= 0.6 is 0 Å². The Morgan fingerprint density at radius 2 is 0.863 bits per heavy atom. The molecule has 0 aliphatic heterocycles. The van der Waals surface area contributed by atoms with Gasteiger partial charge in [-0.2, -0.15) is 5.26 Å². The van der Waals surface area contributed by atoms with Gasteiger partial charge in [0.2, 0.25) is 0 Å². The SMILES string of the molecule is N#Cc1ccc(-c2c3ccccc3c(-c3ccc4c(c3)nc(-c3ccc(F)cc3)c3c5ccccc5c5ccccc5c43)c3ccccc23)cc1. The lowest BCUT2D eigenvalue weighted by Gasteiger charge is -2.19. The highest BCUT2D eigenvalue weighted by molar-refractivity contribution is 6.34. The smallest absolute Gasteiger partial charge is 0.123 e. The molecular weight excluding hydrogens is 624 g/mol. The molecule has 0 fully saturated rings. The molecule has 0 saturated carbocycles. The molecule has 0 radical (unpaired) electrons. The highest BCUT2D eigenvalue weighted by Gasteiger charge is 2.20. The minimum absolute atomic E-state index is 0.273. The van der Waals surface area contributed by atoms with E-state index in [1.54, 1.807) is 0 Å². The molecule has 0 bridgehead atoms. The number of hydrogen-bond acceptors (Lipinski definition) is 2. The second-order valence-electron chi connectivity index (χ2n) is 13.1. The highest BCUT2D eigenvalue weighted by Crippen LogP contribution is 2.46. The Labute approximate surface area is 293 Å². The Bertz CT molecular complexity index is 3020. The number of nitrogens with zero attached hydrogens (tertiary/aromatic N) is 2. The summed E-state index contributed by atoms with van der Waals surface area (Å²) in [5.41, 5.74) is 7.67. The standard InChI is InChI=1S/C48H27FN2/c49-33-24-21-31(22-25-33)48-47-37-12-4-2-10-35(37)34-9-1-3-11-36(34)46(47)42-26-23-32(27-43(42)51-48)45-40-15-7-5-13-38(40)44(39-14-6-8-16-41(39)45)30-19-17-29(28-50)18-20-30/h1-27H. The first-order valence-electron chi connectivity index (χ1n) is 17.0. The fourth-order valence-electron chi connectivity index (χ4n) is 8.11. The minimum Gasteiger partial charge on any atom is -0.247 e. The second-order valence-corrected chi connectivity index (χ2v) is 13.1. The molecule has 1 heterocycles. The summed E-state index contributed by atoms with van der Waals surface area (Å²) in [7, 11) is 0. The Hall–Kier alpha value is -6.89. The summed E-state index contributed by atoms with van der Waals surface area (Å²) in [4.78, 5) is 5.44. The molecule has 3 heteroatoms. The van der Waals surface area contributed by atoms with Crippen LogP contribution in [-0.4, -0.2) is 4.98 Å². The number of pyridine rings is 1. The molecule has 236 valence electrons. The van der Waals surface area contributed by atoms with E-state index in [4.69, 9.17) is 4.98 Å². The summed E-state index contributed by atoms with van der Waals surface area (Å²) in [5, 5.41) is 22.0. The number of rotatable bonds is 3. The monoisotopic (exact) mass is 650 g/mol. The van der Waals surface area contributed by atoms with Gasteiger partial charge in [-0.25, -0.2) is 9.37 Å². The van der Waals surface area contributed by atoms with Crippen molar-refractivity contribution >= 4 is 64.8 Å². The summed E-state index contributed by atoms with van der Waals surface area (Å²) in [6.45, 7) is 0. The topological polar surface area (TPSA) is 36.7 Å². The van der Waals surface area contributed by atoms with E-state index in [1.165, 1.54) is 22.9 Å². The Kier molecular flexibility index (Phi) is 6.46. The van der Waals surface area contributed by atoms with Gasteiger partial charge < -0.3 is 0 Å². The number of nitriles is 1. The van der Waals surface area contributed by atoms with Crippen LogP contribution < -0.4 is 0 Å². The Morgan fingerprint density at radius 3 is 1.41 bits per heavy atom. The van der Waals surface area contributed by atoms with E-state index in [1.807, 2.05) is 36.4 Å². The molecule has 1 aromatic heterocycles. The molecule has 0 aliphatic rings. The molecule has 51 heavy (non-hydrogen) atoms. The van der Waals surface area contributed by atoms with E-state index in [0.29, 0.717) is 5.56 Å². The first-order chi connectivity index (χ1) is 25.2. The van der Waals surface area contributed by atoms with Gasteiger partial charge in [0, 0.05) is 21.7 Å². The molecule has 9 aromatic carbocycles. The molecule has 0 N–H and O–H groups in total. The summed E-state index contributed by atoms with van der Waals surface area (Å²) in [5.74, 6) is -0.273. The molecule has 10 rings (SSSR count). The van der Waals surface area contributed by atoms with Crippen molar-refractivity contribution in [2.75, 3.05) is 0 Å². The second kappa shape index (κ2) is 11.3. The quantitative estimate of drug-likeness (QED) is 0.141. The zero-order chi connectivity index (χ0) is 34.1. The summed E-state index contributed by atoms with van der Waals surface area (Å²) in [6.07, 6.45) is 0. The first-order valence-corrected chi connectivity index (χ1v) is 17.0. The zero-order valence-corrected chi connectivity index (χ0v) is 27.4. The van der Waals surface area contributed by atoms with Crippen LogP contribution in [0, 0.1) is 17.1 Å². The first kappa shape index (κ1) is 29.1. The van der Waals surface area contributed by atoms with Crippen LogP contribution in [-0.2, 0) is 0 Å². The normalized spacial score (nSPS) is 11.6. The lowest BCUT2D eigenvalue weighted by atomic mass is 9.85. The van der Waals surface area contributed by atoms with Gasteiger partial charge in [-0.1, -0.05) is 121 Å². The lowest BCUT2D eigenvalue weighted by Crippen LogP contribution is -1.94. The summed E-state index contributed by atoms with van der Waals surface area (Å²) < 4.78 is 14.3. The van der Waals surface area contributed by atoms with Crippen molar-refractivity contribution in [3.63, 3.8) is 0 Å². The third-order valence-electron chi connectivity index (χ3n) is 10.3. The molecule has 0 saturated heterocycles. The van der Waals surface area contributed by atoms with Gasteiger partial charge >= 0.3 is 0 Å². The molecule has 0 atom stereocenters. The van der Waals surface area contributed by atoms with E-state index in [0.717, 1.165) is 87.5 Å². The van der Waals surface area contributed by atoms with Gasteiger partial charge in [0.25, 0.3) is 0 Å². The Morgan fingerprint density at radius 1 is 0.412 bits per heavy atom.